The minimum Gasteiger partial charge on any atom is -0.452 e. The van der Waals surface area contributed by atoms with Crippen LogP contribution in [0, 0.1) is 0 Å². The van der Waals surface area contributed by atoms with Gasteiger partial charge < -0.3 is 19.8 Å². The monoisotopic (exact) mass is 444 g/mol. The highest BCUT2D eigenvalue weighted by Crippen LogP contribution is 2.47. The molecule has 3 heterocycles. The van der Waals surface area contributed by atoms with Gasteiger partial charge in [-0.1, -0.05) is 30.3 Å². The molecule has 4 aromatic rings. The fourth-order valence-electron chi connectivity index (χ4n) is 4.17. The normalized spacial score (nSPS) is 13.9. The number of aromatic nitrogens is 2. The number of pyridine rings is 1. The smallest absolute Gasteiger partial charge is 0.414 e. The zero-order valence-corrected chi connectivity index (χ0v) is 18.5. The minimum absolute atomic E-state index is 0.442. The summed E-state index contributed by atoms with van der Waals surface area (Å²) >= 11 is 0. The number of hydrogen-bond donors (Lipinski definition) is 2. The van der Waals surface area contributed by atoms with Crippen LogP contribution in [0.15, 0.2) is 67.0 Å². The molecule has 2 N–H and O–H groups in total. The molecule has 33 heavy (non-hydrogen) atoms. The van der Waals surface area contributed by atoms with Crippen molar-refractivity contribution in [1.29, 1.82) is 0 Å². The average molecular weight is 444 g/mol. The Hall–Kier alpha value is -4.17. The van der Waals surface area contributed by atoms with E-state index in [4.69, 9.17) is 4.74 Å². The molecular formula is C25H24N4O4. The molecular weight excluding hydrogens is 420 g/mol. The van der Waals surface area contributed by atoms with Crippen LogP contribution in [0.5, 0.6) is 0 Å². The fourth-order valence-corrected chi connectivity index (χ4v) is 4.17. The van der Waals surface area contributed by atoms with Crippen molar-refractivity contribution in [3.8, 4) is 11.1 Å². The number of methoxy groups -OCH3 is 2. The summed E-state index contributed by atoms with van der Waals surface area (Å²) in [5.41, 5.74) is 5.92. The molecule has 1 unspecified atom stereocenters. The van der Waals surface area contributed by atoms with E-state index in [0.29, 0.717) is 12.1 Å². The van der Waals surface area contributed by atoms with Crippen LogP contribution in [-0.2, 0) is 14.3 Å². The maximum Gasteiger partial charge on any atom is 0.414 e. The summed E-state index contributed by atoms with van der Waals surface area (Å²) in [6.07, 6.45) is 3.83. The van der Waals surface area contributed by atoms with Crippen LogP contribution in [-0.4, -0.2) is 43.8 Å². The number of aromatic amines is 1. The molecule has 0 fully saturated rings. The lowest BCUT2D eigenvalue weighted by atomic mass is 9.96. The first-order valence-corrected chi connectivity index (χ1v) is 10.3. The number of rotatable bonds is 3. The minimum atomic E-state index is -0.461. The van der Waals surface area contributed by atoms with Crippen molar-refractivity contribution in [3.63, 3.8) is 0 Å². The van der Waals surface area contributed by atoms with Gasteiger partial charge in [-0.15, -0.1) is 0 Å². The van der Waals surface area contributed by atoms with Crippen molar-refractivity contribution in [2.24, 2.45) is 0 Å². The van der Waals surface area contributed by atoms with Gasteiger partial charge in [-0.25, -0.2) is 9.78 Å². The number of para-hydroxylation sites is 1. The number of ether oxygens (including phenoxy) is 2. The first-order valence-electron chi connectivity index (χ1n) is 10.3. The Morgan fingerprint density at radius 3 is 2.48 bits per heavy atom. The number of amides is 2. The fraction of sp³-hybridized carbons (Fsp3) is 0.160. The van der Waals surface area contributed by atoms with E-state index in [1.165, 1.54) is 7.11 Å². The number of anilines is 2. The van der Waals surface area contributed by atoms with Gasteiger partial charge >= 0.3 is 6.09 Å². The van der Waals surface area contributed by atoms with Crippen LogP contribution in [0.25, 0.3) is 22.2 Å². The van der Waals surface area contributed by atoms with Gasteiger partial charge in [-0.2, -0.15) is 0 Å². The van der Waals surface area contributed by atoms with E-state index in [2.05, 4.69) is 20.0 Å². The van der Waals surface area contributed by atoms with Gasteiger partial charge in [0.2, 0.25) is 6.41 Å². The van der Waals surface area contributed by atoms with Crippen molar-refractivity contribution >= 4 is 34.9 Å². The molecule has 8 nitrogen and oxygen atoms in total. The summed E-state index contributed by atoms with van der Waals surface area (Å²) in [5, 5.41) is 3.61. The first kappa shape index (κ1) is 22.0. The number of hydrogen-bond acceptors (Lipinski definition) is 5. The van der Waals surface area contributed by atoms with Crippen molar-refractivity contribution in [1.82, 2.24) is 9.97 Å². The van der Waals surface area contributed by atoms with Crippen LogP contribution in [0.4, 0.5) is 16.2 Å². The number of carbonyl (C=O) groups excluding carboxylic acids is 2. The predicted octanol–water partition coefficient (Wildman–Crippen LogP) is 4.74. The lowest BCUT2D eigenvalue weighted by Gasteiger charge is -2.30. The zero-order valence-electron chi connectivity index (χ0n) is 18.5. The van der Waals surface area contributed by atoms with E-state index >= 15 is 0 Å². The Bertz CT molecular complexity index is 1280. The third-order valence-corrected chi connectivity index (χ3v) is 5.43. The van der Waals surface area contributed by atoms with Crippen LogP contribution in [0.2, 0.25) is 0 Å². The van der Waals surface area contributed by atoms with Crippen LogP contribution in [0.1, 0.15) is 17.2 Å². The molecule has 168 valence electrons. The zero-order chi connectivity index (χ0) is 23.4. The van der Waals surface area contributed by atoms with Crippen molar-refractivity contribution in [3.05, 3.63) is 78.1 Å². The molecule has 0 saturated carbocycles. The van der Waals surface area contributed by atoms with Crippen molar-refractivity contribution in [2.75, 3.05) is 31.5 Å². The van der Waals surface area contributed by atoms with Gasteiger partial charge in [0.15, 0.2) is 0 Å². The number of fused-ring (bicyclic) bond motifs is 2. The van der Waals surface area contributed by atoms with Crippen molar-refractivity contribution in [2.45, 2.75) is 6.04 Å². The summed E-state index contributed by atoms with van der Waals surface area (Å²) in [6.45, 7) is 0. The largest absolute Gasteiger partial charge is 0.452 e. The molecule has 1 aliphatic rings. The summed E-state index contributed by atoms with van der Waals surface area (Å²) in [6, 6.07) is 16.7. The Morgan fingerprint density at radius 2 is 1.79 bits per heavy atom. The quantitative estimate of drug-likeness (QED) is 0.445. The molecule has 2 aromatic heterocycles. The first-order chi connectivity index (χ1) is 16.1. The molecule has 0 radical (unpaired) electrons. The lowest BCUT2D eigenvalue weighted by Crippen LogP contribution is -2.35. The highest BCUT2D eigenvalue weighted by Gasteiger charge is 2.36. The van der Waals surface area contributed by atoms with E-state index in [0.717, 1.165) is 39.0 Å². The number of H-pyrrole nitrogens is 1. The van der Waals surface area contributed by atoms with Crippen molar-refractivity contribution < 1.29 is 19.1 Å². The predicted molar refractivity (Wildman–Crippen MR) is 127 cm³/mol. The SMILES string of the molecule is COC.COC(=O)N1c2ccccc2-c2ccnc3[nH]cc(c23)C1c1ccc(NC=O)cc1. The third kappa shape index (κ3) is 3.92. The highest BCUT2D eigenvalue weighted by atomic mass is 16.5. The third-order valence-electron chi connectivity index (χ3n) is 5.43. The molecule has 0 saturated heterocycles. The maximum absolute atomic E-state index is 13.0. The second-order valence-corrected chi connectivity index (χ2v) is 7.38. The van der Waals surface area contributed by atoms with E-state index in [-0.39, 0.29) is 0 Å². The standard InChI is InChI=1S/C23H18N4O3.C2H6O/c1-30-23(29)27-19-5-3-2-4-16(19)17-10-11-24-22-20(17)18(12-25-22)21(27)14-6-8-15(9-7-14)26-13-28;1-3-2/h2-13,21H,1H3,(H,24,25)(H,26,28);1-2H3. The highest BCUT2D eigenvalue weighted by molar-refractivity contribution is 6.06. The van der Waals surface area contributed by atoms with Gasteiger partial charge in [-0.05, 0) is 35.4 Å². The Balaban J connectivity index is 0.000000821. The maximum atomic E-state index is 13.0. The number of carbonyl (C=O) groups is 2. The summed E-state index contributed by atoms with van der Waals surface area (Å²) in [5.74, 6) is 0. The topological polar surface area (TPSA) is 96.6 Å². The second-order valence-electron chi connectivity index (χ2n) is 7.38. The van der Waals surface area contributed by atoms with Gasteiger partial charge in [0.1, 0.15) is 5.65 Å². The molecule has 8 heteroatoms. The van der Waals surface area contributed by atoms with Gasteiger partial charge in [-0.3, -0.25) is 9.69 Å². The lowest BCUT2D eigenvalue weighted by molar-refractivity contribution is -0.105. The van der Waals surface area contributed by atoms with E-state index in [1.807, 2.05) is 60.8 Å². The number of benzene rings is 2. The van der Waals surface area contributed by atoms with Gasteiger partial charge in [0, 0.05) is 48.8 Å². The molecule has 2 amide bonds. The molecule has 0 aliphatic carbocycles. The van der Waals surface area contributed by atoms with Gasteiger partial charge in [0.25, 0.3) is 0 Å². The summed E-state index contributed by atoms with van der Waals surface area (Å²) in [7, 11) is 4.63. The van der Waals surface area contributed by atoms with E-state index in [1.54, 1.807) is 25.3 Å². The van der Waals surface area contributed by atoms with E-state index < -0.39 is 12.1 Å². The second kappa shape index (κ2) is 9.54. The Kier molecular flexibility index (Phi) is 6.37. The molecule has 5 rings (SSSR count). The molecule has 1 atom stereocenters. The molecule has 0 bridgehead atoms. The Morgan fingerprint density at radius 1 is 1.06 bits per heavy atom. The number of nitrogens with one attached hydrogen (secondary N) is 2. The summed E-state index contributed by atoms with van der Waals surface area (Å²) in [4.78, 5) is 33.2. The summed E-state index contributed by atoms with van der Waals surface area (Å²) < 4.78 is 9.44. The molecule has 2 aromatic carbocycles. The molecule has 0 spiro atoms. The molecule has 1 aliphatic heterocycles. The van der Waals surface area contributed by atoms with Crippen LogP contribution in [0.3, 0.4) is 0 Å². The van der Waals surface area contributed by atoms with E-state index in [9.17, 15) is 9.59 Å². The van der Waals surface area contributed by atoms with Crippen LogP contribution < -0.4 is 10.2 Å². The van der Waals surface area contributed by atoms with Crippen LogP contribution >= 0.6 is 0 Å². The number of nitrogens with zero attached hydrogens (tertiary/aromatic N) is 2. The average Bonchev–Trinajstić information content (AvgIpc) is 3.22. The Labute approximate surface area is 191 Å². The van der Waals surface area contributed by atoms with Gasteiger partial charge in [0.05, 0.1) is 18.8 Å².